The van der Waals surface area contributed by atoms with Crippen molar-refractivity contribution in [1.29, 1.82) is 0 Å². The van der Waals surface area contributed by atoms with Crippen LogP contribution in [0.25, 0.3) is 15.7 Å². The fourth-order valence-corrected chi connectivity index (χ4v) is 4.09. The molecule has 3 aromatic rings. The highest BCUT2D eigenvalue weighted by atomic mass is 16.5. The minimum absolute atomic E-state index is 0.0116. The summed E-state index contributed by atoms with van der Waals surface area (Å²) in [4.78, 5) is 18.1. The lowest BCUT2D eigenvalue weighted by Gasteiger charge is -2.13. The van der Waals surface area contributed by atoms with Gasteiger partial charge < -0.3 is 19.6 Å². The molecule has 1 aliphatic carbocycles. The molecule has 1 aliphatic rings. The third kappa shape index (κ3) is 3.97. The lowest BCUT2D eigenvalue weighted by atomic mass is 10.0. The summed E-state index contributed by atoms with van der Waals surface area (Å²) in [5.41, 5.74) is 4.64. The molecule has 2 N–H and O–H groups in total. The van der Waals surface area contributed by atoms with Crippen LogP contribution in [0.1, 0.15) is 49.4 Å². The van der Waals surface area contributed by atoms with E-state index in [0.29, 0.717) is 18.0 Å². The van der Waals surface area contributed by atoms with Crippen LogP contribution in [-0.2, 0) is 17.8 Å². The molecule has 0 amide bonds. The maximum absolute atomic E-state index is 11.1. The minimum Gasteiger partial charge on any atom is -0.502 e. The zero-order valence-electron chi connectivity index (χ0n) is 17.1. The van der Waals surface area contributed by atoms with Crippen LogP contribution in [0.5, 0.6) is 11.5 Å². The molecule has 1 atom stereocenters. The molecule has 0 saturated heterocycles. The summed E-state index contributed by atoms with van der Waals surface area (Å²) in [6, 6.07) is 11.4. The first-order chi connectivity index (χ1) is 14.4. The Kier molecular flexibility index (Phi) is 5.37. The van der Waals surface area contributed by atoms with Crippen LogP contribution in [0.15, 0.2) is 36.4 Å². The molecule has 6 nitrogen and oxygen atoms in total. The van der Waals surface area contributed by atoms with Crippen molar-refractivity contribution in [2.24, 2.45) is 0 Å². The van der Waals surface area contributed by atoms with Gasteiger partial charge in [-0.15, -0.1) is 0 Å². The number of hydrogen-bond donors (Lipinski definition) is 2. The van der Waals surface area contributed by atoms with Gasteiger partial charge in [0.05, 0.1) is 19.1 Å². The number of ether oxygens (including phenoxy) is 2. The molecule has 0 aliphatic heterocycles. The Hall–Kier alpha value is -3.46. The topological polar surface area (TPSA) is 75.9 Å². The van der Waals surface area contributed by atoms with Gasteiger partial charge in [-0.3, -0.25) is 4.79 Å². The summed E-state index contributed by atoms with van der Waals surface area (Å²) in [5, 5.41) is 10.2. The maximum atomic E-state index is 11.1. The van der Waals surface area contributed by atoms with Crippen molar-refractivity contribution in [2.75, 3.05) is 0 Å². The monoisotopic (exact) mass is 404 g/mol. The molecular formula is C24H24N2O4. The first-order valence-corrected chi connectivity index (χ1v) is 10.1. The molecule has 0 saturated carbocycles. The van der Waals surface area contributed by atoms with E-state index >= 15 is 0 Å². The van der Waals surface area contributed by atoms with E-state index < -0.39 is 5.97 Å². The quantitative estimate of drug-likeness (QED) is 0.503. The van der Waals surface area contributed by atoms with E-state index in [1.165, 1.54) is 5.56 Å². The second kappa shape index (κ2) is 8.11. The lowest BCUT2D eigenvalue weighted by molar-refractivity contribution is -0.137. The van der Waals surface area contributed by atoms with Crippen molar-refractivity contribution in [3.63, 3.8) is 0 Å². The number of carbonyl (C=O) groups is 1. The number of hydrogen-bond acceptors (Lipinski definition) is 3. The number of carboxylic acids is 1. The largest absolute Gasteiger partial charge is 0.502 e. The summed E-state index contributed by atoms with van der Waals surface area (Å²) in [5.74, 6) is 0.619. The van der Waals surface area contributed by atoms with Crippen molar-refractivity contribution in [3.05, 3.63) is 64.6 Å². The van der Waals surface area contributed by atoms with Crippen molar-refractivity contribution in [1.82, 2.24) is 4.98 Å². The van der Waals surface area contributed by atoms with Gasteiger partial charge in [0.15, 0.2) is 0 Å². The van der Waals surface area contributed by atoms with Crippen molar-refractivity contribution >= 4 is 22.6 Å². The normalized spacial score (nSPS) is 15.2. The Morgan fingerprint density at radius 2 is 2.13 bits per heavy atom. The molecule has 154 valence electrons. The first-order valence-electron chi connectivity index (χ1n) is 10.1. The van der Waals surface area contributed by atoms with Crippen LogP contribution in [0.4, 0.5) is 5.69 Å². The predicted molar refractivity (Wildman–Crippen MR) is 114 cm³/mol. The number of aliphatic carboxylic acids is 1. The van der Waals surface area contributed by atoms with E-state index in [-0.39, 0.29) is 18.4 Å². The van der Waals surface area contributed by atoms with Crippen LogP contribution in [0, 0.1) is 6.57 Å². The fraction of sp³-hybridized carbons (Fsp3) is 0.333. The van der Waals surface area contributed by atoms with Crippen LogP contribution in [0.3, 0.4) is 0 Å². The van der Waals surface area contributed by atoms with E-state index in [4.69, 9.17) is 21.2 Å². The smallest absolute Gasteiger partial charge is 0.304 e. The van der Waals surface area contributed by atoms with E-state index in [0.717, 1.165) is 40.8 Å². The number of H-pyrrole nitrogens is 1. The standard InChI is InChI=1S/C24H24N2O4/c1-14(2)30-22-9-4-15(10-21(22)25-3)13-29-17-6-8-20-19(12-17)18-7-5-16(11-23(27)28)24(18)26-20/h4,6,8-10,12,14,16,26H,5,7,11,13H2,1-2H3,(H,27,28). The molecule has 0 fully saturated rings. The highest BCUT2D eigenvalue weighted by molar-refractivity contribution is 5.87. The molecular weight excluding hydrogens is 380 g/mol. The average Bonchev–Trinajstić information content (AvgIpc) is 3.26. The zero-order chi connectivity index (χ0) is 21.3. The number of rotatable bonds is 7. The fourth-order valence-electron chi connectivity index (χ4n) is 4.09. The Labute approximate surface area is 175 Å². The maximum Gasteiger partial charge on any atom is 0.304 e. The molecule has 1 aromatic heterocycles. The molecule has 0 bridgehead atoms. The summed E-state index contributed by atoms with van der Waals surface area (Å²) in [6.45, 7) is 11.6. The number of nitrogens with zero attached hydrogens (tertiary/aromatic N) is 1. The van der Waals surface area contributed by atoms with Crippen molar-refractivity contribution < 1.29 is 19.4 Å². The van der Waals surface area contributed by atoms with Gasteiger partial charge in [-0.1, -0.05) is 6.07 Å². The second-order valence-electron chi connectivity index (χ2n) is 7.93. The Morgan fingerprint density at radius 3 is 2.87 bits per heavy atom. The highest BCUT2D eigenvalue weighted by Gasteiger charge is 2.28. The zero-order valence-corrected chi connectivity index (χ0v) is 17.1. The molecule has 0 radical (unpaired) electrons. The van der Waals surface area contributed by atoms with Crippen LogP contribution >= 0.6 is 0 Å². The van der Waals surface area contributed by atoms with Crippen molar-refractivity contribution in [3.8, 4) is 11.5 Å². The van der Waals surface area contributed by atoms with Gasteiger partial charge >= 0.3 is 5.97 Å². The number of aromatic amines is 1. The third-order valence-electron chi connectivity index (χ3n) is 5.39. The highest BCUT2D eigenvalue weighted by Crippen LogP contribution is 2.40. The number of fused-ring (bicyclic) bond motifs is 3. The number of nitrogens with one attached hydrogen (secondary N) is 1. The van der Waals surface area contributed by atoms with Gasteiger partial charge in [-0.2, -0.15) is 0 Å². The third-order valence-corrected chi connectivity index (χ3v) is 5.39. The number of aryl methyl sites for hydroxylation is 1. The van der Waals surface area contributed by atoms with Gasteiger partial charge in [-0.05, 0) is 68.1 Å². The van der Waals surface area contributed by atoms with Crippen LogP contribution in [-0.4, -0.2) is 22.2 Å². The van der Waals surface area contributed by atoms with Crippen LogP contribution < -0.4 is 9.47 Å². The van der Waals surface area contributed by atoms with Gasteiger partial charge in [0.25, 0.3) is 0 Å². The Morgan fingerprint density at radius 1 is 1.30 bits per heavy atom. The molecule has 1 unspecified atom stereocenters. The summed E-state index contributed by atoms with van der Waals surface area (Å²) >= 11 is 0. The van der Waals surface area contributed by atoms with Gasteiger partial charge in [0.1, 0.15) is 18.1 Å². The molecule has 1 heterocycles. The average molecular weight is 404 g/mol. The van der Waals surface area contributed by atoms with E-state index in [2.05, 4.69) is 9.83 Å². The minimum atomic E-state index is -0.765. The molecule has 2 aromatic carbocycles. The van der Waals surface area contributed by atoms with E-state index in [1.807, 2.05) is 44.2 Å². The van der Waals surface area contributed by atoms with E-state index in [9.17, 15) is 4.79 Å². The second-order valence-corrected chi connectivity index (χ2v) is 7.93. The Balaban J connectivity index is 1.51. The predicted octanol–water partition coefficient (Wildman–Crippen LogP) is 5.59. The first kappa shape index (κ1) is 19.8. The van der Waals surface area contributed by atoms with Gasteiger partial charge in [0, 0.05) is 22.5 Å². The number of carboxylic acid groups (broad SMARTS) is 1. The number of aromatic nitrogens is 1. The summed E-state index contributed by atoms with van der Waals surface area (Å²) in [7, 11) is 0. The Bertz CT molecular complexity index is 1140. The van der Waals surface area contributed by atoms with Crippen molar-refractivity contribution in [2.45, 2.75) is 51.7 Å². The van der Waals surface area contributed by atoms with E-state index in [1.54, 1.807) is 6.07 Å². The molecule has 0 spiro atoms. The van der Waals surface area contributed by atoms with Crippen LogP contribution in [0.2, 0.25) is 0 Å². The number of benzene rings is 2. The molecule has 4 rings (SSSR count). The molecule has 30 heavy (non-hydrogen) atoms. The summed E-state index contributed by atoms with van der Waals surface area (Å²) < 4.78 is 11.7. The lowest BCUT2D eigenvalue weighted by Crippen LogP contribution is -2.05. The SMILES string of the molecule is [C-]#[N+]c1cc(COc2ccc3[nH]c4c(c3c2)CCC4CC(=O)O)ccc1OC(C)C. The van der Waals surface area contributed by atoms with Gasteiger partial charge in [-0.25, -0.2) is 4.85 Å². The van der Waals surface area contributed by atoms with Gasteiger partial charge in [0.2, 0.25) is 5.69 Å². The molecule has 6 heteroatoms. The summed E-state index contributed by atoms with van der Waals surface area (Å²) in [6.07, 6.45) is 1.90.